The Bertz CT molecular complexity index is 788. The van der Waals surface area contributed by atoms with Gasteiger partial charge < -0.3 is 14.6 Å². The molecule has 2 N–H and O–H groups in total. The molecular formula is C13H9FN2O3. The summed E-state index contributed by atoms with van der Waals surface area (Å²) in [5, 5.41) is 13.2. The van der Waals surface area contributed by atoms with Gasteiger partial charge >= 0.3 is 5.97 Å². The van der Waals surface area contributed by atoms with Gasteiger partial charge in [0.1, 0.15) is 11.4 Å². The van der Waals surface area contributed by atoms with Crippen molar-refractivity contribution in [1.82, 2.24) is 10.1 Å². The fraction of sp³-hybridized carbons (Fsp3) is 0.0769. The monoisotopic (exact) mass is 260 g/mol. The summed E-state index contributed by atoms with van der Waals surface area (Å²) in [4.78, 5) is 14.2. The number of halogens is 1. The van der Waals surface area contributed by atoms with Crippen LogP contribution in [0.3, 0.4) is 0 Å². The minimum Gasteiger partial charge on any atom is -0.477 e. The maximum Gasteiger partial charge on any atom is 0.341 e. The second kappa shape index (κ2) is 3.94. The third-order valence-corrected chi connectivity index (χ3v) is 2.98. The number of rotatable bonds is 2. The zero-order chi connectivity index (χ0) is 13.6. The van der Waals surface area contributed by atoms with E-state index in [1.165, 1.54) is 12.1 Å². The van der Waals surface area contributed by atoms with Crippen LogP contribution >= 0.6 is 0 Å². The molecule has 0 aliphatic rings. The molecule has 0 unspecified atom stereocenters. The quantitative estimate of drug-likeness (QED) is 0.742. The summed E-state index contributed by atoms with van der Waals surface area (Å²) in [7, 11) is 0. The Morgan fingerprint density at radius 3 is 3.00 bits per heavy atom. The Hall–Kier alpha value is -2.63. The lowest BCUT2D eigenvalue weighted by molar-refractivity contribution is 0.0697. The number of hydrogen-bond donors (Lipinski definition) is 2. The first kappa shape index (κ1) is 11.5. The van der Waals surface area contributed by atoms with Crippen molar-refractivity contribution in [1.29, 1.82) is 0 Å². The van der Waals surface area contributed by atoms with Crippen LogP contribution in [0.1, 0.15) is 16.1 Å². The predicted octanol–water partition coefficient (Wildman–Crippen LogP) is 2.97. The Kier molecular flexibility index (Phi) is 2.38. The van der Waals surface area contributed by atoms with Gasteiger partial charge in [0.25, 0.3) is 0 Å². The fourth-order valence-electron chi connectivity index (χ4n) is 2.16. The SMILES string of the molecule is Cc1[nH]c2ccc(F)cc2c1-c1oncc1C(=O)O. The molecule has 0 aliphatic heterocycles. The Morgan fingerprint density at radius 2 is 2.26 bits per heavy atom. The third kappa shape index (κ3) is 1.69. The Morgan fingerprint density at radius 1 is 1.47 bits per heavy atom. The van der Waals surface area contributed by atoms with Gasteiger partial charge in [-0.3, -0.25) is 0 Å². The minimum absolute atomic E-state index is 0.0479. The van der Waals surface area contributed by atoms with Crippen molar-refractivity contribution < 1.29 is 18.8 Å². The molecule has 0 amide bonds. The second-order valence-electron chi connectivity index (χ2n) is 4.19. The number of carboxylic acid groups (broad SMARTS) is 1. The number of nitrogens with one attached hydrogen (secondary N) is 1. The fourth-order valence-corrected chi connectivity index (χ4v) is 2.16. The zero-order valence-electron chi connectivity index (χ0n) is 9.90. The smallest absolute Gasteiger partial charge is 0.341 e. The lowest BCUT2D eigenvalue weighted by atomic mass is 10.1. The van der Waals surface area contributed by atoms with Crippen LogP contribution in [-0.2, 0) is 0 Å². The summed E-state index contributed by atoms with van der Waals surface area (Å²) >= 11 is 0. The van der Waals surface area contributed by atoms with Gasteiger partial charge in [0, 0.05) is 22.2 Å². The molecule has 0 saturated heterocycles. The van der Waals surface area contributed by atoms with Crippen LogP contribution in [0.15, 0.2) is 28.9 Å². The lowest BCUT2D eigenvalue weighted by Gasteiger charge is -1.98. The van der Waals surface area contributed by atoms with Gasteiger partial charge in [-0.25, -0.2) is 9.18 Å². The number of H-pyrrole nitrogens is 1. The highest BCUT2D eigenvalue weighted by Crippen LogP contribution is 2.34. The van der Waals surface area contributed by atoms with Gasteiger partial charge in [0.05, 0.1) is 6.20 Å². The van der Waals surface area contributed by atoms with Crippen LogP contribution in [0.5, 0.6) is 0 Å². The van der Waals surface area contributed by atoms with Gasteiger partial charge in [-0.1, -0.05) is 5.16 Å². The largest absolute Gasteiger partial charge is 0.477 e. The number of aryl methyl sites for hydroxylation is 1. The summed E-state index contributed by atoms with van der Waals surface area (Å²) in [5.74, 6) is -1.41. The number of benzene rings is 1. The normalized spacial score (nSPS) is 11.1. The standard InChI is InChI=1S/C13H9FN2O3/c1-6-11(12-9(13(17)18)5-15-19-12)8-4-7(14)2-3-10(8)16-6/h2-5,16H,1H3,(H,17,18). The summed E-state index contributed by atoms with van der Waals surface area (Å²) < 4.78 is 18.4. The van der Waals surface area contributed by atoms with E-state index >= 15 is 0 Å². The summed E-state index contributed by atoms with van der Waals surface area (Å²) in [6, 6.07) is 4.26. The van der Waals surface area contributed by atoms with Crippen molar-refractivity contribution in [3.8, 4) is 11.3 Å². The molecule has 19 heavy (non-hydrogen) atoms. The molecule has 2 aromatic heterocycles. The van der Waals surface area contributed by atoms with E-state index in [0.29, 0.717) is 22.2 Å². The minimum atomic E-state index is -1.14. The van der Waals surface area contributed by atoms with Crippen molar-refractivity contribution in [3.63, 3.8) is 0 Å². The van der Waals surface area contributed by atoms with Gasteiger partial charge in [0.2, 0.25) is 0 Å². The van der Waals surface area contributed by atoms with Crippen molar-refractivity contribution in [2.75, 3.05) is 0 Å². The maximum atomic E-state index is 13.4. The van der Waals surface area contributed by atoms with Crippen LogP contribution in [-0.4, -0.2) is 21.2 Å². The van der Waals surface area contributed by atoms with Crippen molar-refractivity contribution in [2.24, 2.45) is 0 Å². The van der Waals surface area contributed by atoms with Crippen LogP contribution in [0.2, 0.25) is 0 Å². The highest BCUT2D eigenvalue weighted by molar-refractivity contribution is 6.02. The molecule has 0 bridgehead atoms. The van der Waals surface area contributed by atoms with E-state index in [9.17, 15) is 9.18 Å². The van der Waals surface area contributed by atoms with Crippen molar-refractivity contribution in [2.45, 2.75) is 6.92 Å². The zero-order valence-corrected chi connectivity index (χ0v) is 9.90. The molecule has 3 aromatic rings. The average molecular weight is 260 g/mol. The summed E-state index contributed by atoms with van der Waals surface area (Å²) in [5.41, 5.74) is 1.87. The van der Waals surface area contributed by atoms with E-state index in [0.717, 1.165) is 6.20 Å². The number of carbonyl (C=O) groups is 1. The number of aromatic nitrogens is 2. The van der Waals surface area contributed by atoms with Gasteiger partial charge in [0.15, 0.2) is 5.76 Å². The molecular weight excluding hydrogens is 251 g/mol. The summed E-state index contributed by atoms with van der Waals surface area (Å²) in [6.45, 7) is 1.77. The lowest BCUT2D eigenvalue weighted by Crippen LogP contribution is -1.96. The molecule has 0 saturated carbocycles. The Balaban J connectivity index is 2.35. The van der Waals surface area contributed by atoms with Gasteiger partial charge in [-0.15, -0.1) is 0 Å². The van der Waals surface area contributed by atoms with E-state index < -0.39 is 11.8 Å². The van der Waals surface area contributed by atoms with Crippen LogP contribution in [0, 0.1) is 12.7 Å². The van der Waals surface area contributed by atoms with Crippen molar-refractivity contribution in [3.05, 3.63) is 41.5 Å². The van der Waals surface area contributed by atoms with Crippen LogP contribution < -0.4 is 0 Å². The van der Waals surface area contributed by atoms with Crippen LogP contribution in [0.4, 0.5) is 4.39 Å². The molecule has 0 radical (unpaired) electrons. The molecule has 0 aliphatic carbocycles. The van der Waals surface area contributed by atoms with E-state index in [-0.39, 0.29) is 11.3 Å². The molecule has 2 heterocycles. The Labute approximate surface area is 106 Å². The second-order valence-corrected chi connectivity index (χ2v) is 4.19. The van der Waals surface area contributed by atoms with Gasteiger partial charge in [-0.05, 0) is 25.1 Å². The number of hydrogen-bond acceptors (Lipinski definition) is 3. The first-order valence-corrected chi connectivity index (χ1v) is 5.54. The molecule has 6 heteroatoms. The molecule has 0 spiro atoms. The first-order valence-electron chi connectivity index (χ1n) is 5.54. The van der Waals surface area contributed by atoms with E-state index in [1.807, 2.05) is 0 Å². The van der Waals surface area contributed by atoms with E-state index in [4.69, 9.17) is 9.63 Å². The van der Waals surface area contributed by atoms with Gasteiger partial charge in [-0.2, -0.15) is 0 Å². The molecule has 3 rings (SSSR count). The van der Waals surface area contributed by atoms with Crippen LogP contribution in [0.25, 0.3) is 22.2 Å². The average Bonchev–Trinajstić information content (AvgIpc) is 2.91. The first-order chi connectivity index (χ1) is 9.08. The van der Waals surface area contributed by atoms with E-state index in [1.54, 1.807) is 13.0 Å². The molecule has 5 nitrogen and oxygen atoms in total. The number of fused-ring (bicyclic) bond motifs is 1. The number of nitrogens with zero attached hydrogens (tertiary/aromatic N) is 1. The van der Waals surface area contributed by atoms with E-state index in [2.05, 4.69) is 10.1 Å². The number of aromatic carboxylic acids is 1. The highest BCUT2D eigenvalue weighted by atomic mass is 19.1. The number of carboxylic acids is 1. The highest BCUT2D eigenvalue weighted by Gasteiger charge is 2.22. The third-order valence-electron chi connectivity index (χ3n) is 2.98. The topological polar surface area (TPSA) is 79.1 Å². The molecule has 1 aromatic carbocycles. The molecule has 96 valence electrons. The maximum absolute atomic E-state index is 13.4. The van der Waals surface area contributed by atoms with Crippen molar-refractivity contribution >= 4 is 16.9 Å². The predicted molar refractivity (Wildman–Crippen MR) is 65.5 cm³/mol. The number of aromatic amines is 1. The molecule has 0 atom stereocenters. The summed E-state index contributed by atoms with van der Waals surface area (Å²) in [6.07, 6.45) is 1.13. The molecule has 0 fully saturated rings.